The van der Waals surface area contributed by atoms with Gasteiger partial charge in [0.05, 0.1) is 0 Å². The molecule has 0 fully saturated rings. The van der Waals surface area contributed by atoms with Crippen molar-refractivity contribution in [2.45, 2.75) is 20.0 Å². The Labute approximate surface area is 112 Å². The fraction of sp³-hybridized carbons (Fsp3) is 0.286. The lowest BCUT2D eigenvalue weighted by atomic mass is 10.1. The van der Waals surface area contributed by atoms with E-state index < -0.39 is 0 Å². The molecule has 0 aliphatic rings. The SMILES string of the molecule is CCOC(c1ccccc1)c1nc(C)cc(NN)n1. The second kappa shape index (κ2) is 6.26. The molecule has 1 aromatic carbocycles. The van der Waals surface area contributed by atoms with Crippen LogP contribution in [-0.4, -0.2) is 16.6 Å². The van der Waals surface area contributed by atoms with Crippen LogP contribution in [0, 0.1) is 6.92 Å². The summed E-state index contributed by atoms with van der Waals surface area (Å²) in [5, 5.41) is 0. The number of nitrogens with one attached hydrogen (secondary N) is 1. The Bertz CT molecular complexity index is 530. The molecule has 1 atom stereocenters. The quantitative estimate of drug-likeness (QED) is 0.635. The molecule has 5 nitrogen and oxygen atoms in total. The number of aryl methyl sites for hydroxylation is 1. The minimum Gasteiger partial charge on any atom is -0.366 e. The first-order valence-corrected chi connectivity index (χ1v) is 6.23. The monoisotopic (exact) mass is 258 g/mol. The van der Waals surface area contributed by atoms with Gasteiger partial charge in [0, 0.05) is 18.4 Å². The van der Waals surface area contributed by atoms with Crippen LogP contribution in [0.4, 0.5) is 5.82 Å². The molecule has 0 bridgehead atoms. The number of hydrogen-bond acceptors (Lipinski definition) is 5. The van der Waals surface area contributed by atoms with Crippen molar-refractivity contribution in [3.8, 4) is 0 Å². The van der Waals surface area contributed by atoms with Crippen molar-refractivity contribution in [2.24, 2.45) is 5.84 Å². The van der Waals surface area contributed by atoms with E-state index in [2.05, 4.69) is 15.4 Å². The van der Waals surface area contributed by atoms with E-state index in [0.29, 0.717) is 18.2 Å². The van der Waals surface area contributed by atoms with E-state index >= 15 is 0 Å². The topological polar surface area (TPSA) is 73.1 Å². The van der Waals surface area contributed by atoms with Crippen LogP contribution in [0.15, 0.2) is 36.4 Å². The Hall–Kier alpha value is -1.98. The van der Waals surface area contributed by atoms with Gasteiger partial charge in [0.1, 0.15) is 11.9 Å². The average Bonchev–Trinajstić information content (AvgIpc) is 2.45. The minimum atomic E-state index is -0.279. The molecule has 1 unspecified atom stereocenters. The summed E-state index contributed by atoms with van der Waals surface area (Å²) in [5.41, 5.74) is 4.42. The number of nitrogens with two attached hydrogens (primary N) is 1. The number of nitrogen functional groups attached to an aromatic ring is 1. The van der Waals surface area contributed by atoms with E-state index in [0.717, 1.165) is 11.3 Å². The zero-order valence-electron chi connectivity index (χ0n) is 11.1. The van der Waals surface area contributed by atoms with Crippen molar-refractivity contribution in [3.63, 3.8) is 0 Å². The van der Waals surface area contributed by atoms with Gasteiger partial charge in [-0.05, 0) is 19.4 Å². The van der Waals surface area contributed by atoms with Crippen LogP contribution in [0.3, 0.4) is 0 Å². The standard InChI is InChI=1S/C14H18N4O/c1-3-19-13(11-7-5-4-6-8-11)14-16-10(2)9-12(17-14)18-15/h4-9,13H,3,15H2,1-2H3,(H,16,17,18). The van der Waals surface area contributed by atoms with Crippen molar-refractivity contribution in [3.05, 3.63) is 53.5 Å². The van der Waals surface area contributed by atoms with Crippen molar-refractivity contribution < 1.29 is 4.74 Å². The first kappa shape index (κ1) is 13.5. The van der Waals surface area contributed by atoms with E-state index in [1.807, 2.05) is 44.2 Å². The maximum Gasteiger partial charge on any atom is 0.164 e. The Morgan fingerprint density at radius 2 is 2.00 bits per heavy atom. The Morgan fingerprint density at radius 3 is 2.63 bits per heavy atom. The van der Waals surface area contributed by atoms with Crippen LogP contribution in [0.2, 0.25) is 0 Å². The van der Waals surface area contributed by atoms with Crippen LogP contribution >= 0.6 is 0 Å². The maximum absolute atomic E-state index is 5.77. The van der Waals surface area contributed by atoms with Crippen LogP contribution in [0.25, 0.3) is 0 Å². The first-order valence-electron chi connectivity index (χ1n) is 6.23. The van der Waals surface area contributed by atoms with Gasteiger partial charge in [-0.25, -0.2) is 15.8 Å². The second-order valence-electron chi connectivity index (χ2n) is 4.14. The predicted octanol–water partition coefficient (Wildman–Crippen LogP) is 2.20. The number of ether oxygens (including phenoxy) is 1. The third-order valence-electron chi connectivity index (χ3n) is 2.69. The lowest BCUT2D eigenvalue weighted by Gasteiger charge is -2.17. The molecule has 0 aliphatic carbocycles. The number of hydrazine groups is 1. The molecule has 19 heavy (non-hydrogen) atoms. The Balaban J connectivity index is 2.41. The molecule has 2 aromatic rings. The van der Waals surface area contributed by atoms with Crippen molar-refractivity contribution in [1.29, 1.82) is 0 Å². The Kier molecular flexibility index (Phi) is 4.43. The van der Waals surface area contributed by atoms with Crippen molar-refractivity contribution in [1.82, 2.24) is 9.97 Å². The molecule has 0 radical (unpaired) electrons. The summed E-state index contributed by atoms with van der Waals surface area (Å²) in [7, 11) is 0. The molecule has 2 rings (SSSR count). The van der Waals surface area contributed by atoms with E-state index in [4.69, 9.17) is 10.6 Å². The van der Waals surface area contributed by atoms with Gasteiger partial charge >= 0.3 is 0 Å². The zero-order valence-corrected chi connectivity index (χ0v) is 11.1. The fourth-order valence-electron chi connectivity index (χ4n) is 1.90. The van der Waals surface area contributed by atoms with Gasteiger partial charge in [0.2, 0.25) is 0 Å². The number of nitrogens with zero attached hydrogens (tertiary/aromatic N) is 2. The van der Waals surface area contributed by atoms with Gasteiger partial charge < -0.3 is 10.2 Å². The lowest BCUT2D eigenvalue weighted by Crippen LogP contribution is -2.15. The van der Waals surface area contributed by atoms with Gasteiger partial charge in [-0.1, -0.05) is 30.3 Å². The smallest absolute Gasteiger partial charge is 0.164 e. The van der Waals surface area contributed by atoms with Crippen LogP contribution < -0.4 is 11.3 Å². The summed E-state index contributed by atoms with van der Waals surface area (Å²) in [6.45, 7) is 4.44. The molecular weight excluding hydrogens is 240 g/mol. The number of benzene rings is 1. The minimum absolute atomic E-state index is 0.279. The molecule has 3 N–H and O–H groups in total. The summed E-state index contributed by atoms with van der Waals surface area (Å²) < 4.78 is 5.77. The third-order valence-corrected chi connectivity index (χ3v) is 2.69. The second-order valence-corrected chi connectivity index (χ2v) is 4.14. The first-order chi connectivity index (χ1) is 9.24. The molecule has 0 saturated carbocycles. The molecule has 5 heteroatoms. The fourth-order valence-corrected chi connectivity index (χ4v) is 1.90. The van der Waals surface area contributed by atoms with Gasteiger partial charge in [0.25, 0.3) is 0 Å². The Morgan fingerprint density at radius 1 is 1.26 bits per heavy atom. The highest BCUT2D eigenvalue weighted by molar-refractivity contribution is 5.36. The number of rotatable bonds is 5. The summed E-state index contributed by atoms with van der Waals surface area (Å²) in [6, 6.07) is 11.7. The molecule has 0 amide bonds. The van der Waals surface area contributed by atoms with E-state index in [-0.39, 0.29) is 6.10 Å². The van der Waals surface area contributed by atoms with Crippen molar-refractivity contribution >= 4 is 5.82 Å². The molecule has 1 heterocycles. The number of hydrogen-bond donors (Lipinski definition) is 2. The summed E-state index contributed by atoms with van der Waals surface area (Å²) in [4.78, 5) is 8.82. The van der Waals surface area contributed by atoms with Gasteiger partial charge in [-0.2, -0.15) is 0 Å². The van der Waals surface area contributed by atoms with Crippen LogP contribution in [0.1, 0.15) is 30.1 Å². The van der Waals surface area contributed by atoms with Crippen LogP contribution in [-0.2, 0) is 4.74 Å². The summed E-state index contributed by atoms with van der Waals surface area (Å²) in [6.07, 6.45) is -0.279. The number of anilines is 1. The maximum atomic E-state index is 5.77. The normalized spacial score (nSPS) is 12.2. The van der Waals surface area contributed by atoms with E-state index in [1.54, 1.807) is 6.07 Å². The molecule has 100 valence electrons. The van der Waals surface area contributed by atoms with Gasteiger partial charge in [-0.3, -0.25) is 0 Å². The van der Waals surface area contributed by atoms with Crippen LogP contribution in [0.5, 0.6) is 0 Å². The molecule has 0 aliphatic heterocycles. The molecule has 0 saturated heterocycles. The molecule has 0 spiro atoms. The number of aromatic nitrogens is 2. The largest absolute Gasteiger partial charge is 0.366 e. The van der Waals surface area contributed by atoms with Crippen molar-refractivity contribution in [2.75, 3.05) is 12.0 Å². The van der Waals surface area contributed by atoms with E-state index in [1.165, 1.54) is 0 Å². The molecule has 1 aromatic heterocycles. The molecular formula is C14H18N4O. The summed E-state index contributed by atoms with van der Waals surface area (Å²) >= 11 is 0. The lowest BCUT2D eigenvalue weighted by molar-refractivity contribution is 0.0851. The zero-order chi connectivity index (χ0) is 13.7. The highest BCUT2D eigenvalue weighted by Gasteiger charge is 2.18. The average molecular weight is 258 g/mol. The van der Waals surface area contributed by atoms with Gasteiger partial charge in [-0.15, -0.1) is 0 Å². The highest BCUT2D eigenvalue weighted by Crippen LogP contribution is 2.24. The third kappa shape index (κ3) is 3.27. The van der Waals surface area contributed by atoms with Gasteiger partial charge in [0.15, 0.2) is 5.82 Å². The highest BCUT2D eigenvalue weighted by atomic mass is 16.5. The predicted molar refractivity (Wildman–Crippen MR) is 74.5 cm³/mol. The van der Waals surface area contributed by atoms with E-state index in [9.17, 15) is 0 Å². The summed E-state index contributed by atoms with van der Waals surface area (Å²) in [5.74, 6) is 6.62.